The summed E-state index contributed by atoms with van der Waals surface area (Å²) >= 11 is 0. The van der Waals surface area contributed by atoms with E-state index in [0.717, 1.165) is 26.2 Å². The Hall–Kier alpha value is -1.33. The Morgan fingerprint density at radius 1 is 1.25 bits per heavy atom. The van der Waals surface area contributed by atoms with Crippen LogP contribution in [0.5, 0.6) is 0 Å². The first-order chi connectivity index (χ1) is 9.19. The fourth-order valence-corrected chi connectivity index (χ4v) is 2.10. The molecule has 0 amide bonds. The Kier molecular flexibility index (Phi) is 6.75. The normalized spacial score (nSPS) is 10.8. The molecule has 0 saturated heterocycles. The molecular weight excluding hydrogens is 274 g/mol. The minimum Gasteiger partial charge on any atom is -0.307 e. The van der Waals surface area contributed by atoms with Gasteiger partial charge < -0.3 is 5.32 Å². The van der Waals surface area contributed by atoms with Crippen LogP contribution in [0.3, 0.4) is 0 Å². The van der Waals surface area contributed by atoms with Crippen LogP contribution in [0.15, 0.2) is 24.7 Å². The van der Waals surface area contributed by atoms with Crippen LogP contribution < -0.4 is 5.32 Å². The minimum atomic E-state index is 0. The number of hydrogen-bond acceptors (Lipinski definition) is 3. The Bertz CT molecular complexity index is 503. The molecule has 2 aromatic heterocycles. The Morgan fingerprint density at radius 2 is 2.05 bits per heavy atom. The molecule has 0 aromatic carbocycles. The molecule has 0 aliphatic heterocycles. The van der Waals surface area contributed by atoms with Gasteiger partial charge in [0.05, 0.1) is 11.9 Å². The highest BCUT2D eigenvalue weighted by Crippen LogP contribution is 2.03. The van der Waals surface area contributed by atoms with E-state index >= 15 is 0 Å². The maximum absolute atomic E-state index is 4.36. The van der Waals surface area contributed by atoms with Crippen LogP contribution in [0.25, 0.3) is 0 Å². The van der Waals surface area contributed by atoms with E-state index < -0.39 is 0 Å². The summed E-state index contributed by atoms with van der Waals surface area (Å²) in [7, 11) is 0. The van der Waals surface area contributed by atoms with E-state index in [2.05, 4.69) is 48.5 Å². The topological polar surface area (TPSA) is 47.7 Å². The van der Waals surface area contributed by atoms with E-state index in [9.17, 15) is 0 Å². The van der Waals surface area contributed by atoms with Gasteiger partial charge in [-0.3, -0.25) is 9.36 Å². The van der Waals surface area contributed by atoms with Gasteiger partial charge in [-0.25, -0.2) is 0 Å². The molecule has 0 fully saturated rings. The number of nitrogens with zero attached hydrogens (tertiary/aromatic N) is 4. The number of hydrogen-bond donors (Lipinski definition) is 1. The number of rotatable bonds is 7. The molecule has 2 rings (SSSR count). The second kappa shape index (κ2) is 8.07. The summed E-state index contributed by atoms with van der Waals surface area (Å²) in [6, 6.07) is 2.05. The predicted octanol–water partition coefficient (Wildman–Crippen LogP) is 2.47. The molecule has 20 heavy (non-hydrogen) atoms. The molecule has 0 aliphatic carbocycles. The SMILES string of the molecule is CCn1nccc1CNCc1cnn(CC(C)C)c1.Cl. The summed E-state index contributed by atoms with van der Waals surface area (Å²) in [6.07, 6.45) is 5.90. The van der Waals surface area contributed by atoms with Crippen LogP contribution in [0.1, 0.15) is 32.0 Å². The highest BCUT2D eigenvalue weighted by molar-refractivity contribution is 5.85. The van der Waals surface area contributed by atoms with Crippen LogP contribution in [-0.2, 0) is 26.2 Å². The highest BCUT2D eigenvalue weighted by atomic mass is 35.5. The van der Waals surface area contributed by atoms with E-state index in [0.29, 0.717) is 5.92 Å². The molecule has 0 atom stereocenters. The lowest BCUT2D eigenvalue weighted by Gasteiger charge is -2.06. The summed E-state index contributed by atoms with van der Waals surface area (Å²) in [5.74, 6) is 0.625. The van der Waals surface area contributed by atoms with Gasteiger partial charge >= 0.3 is 0 Å². The first-order valence-corrected chi connectivity index (χ1v) is 6.91. The molecule has 2 aromatic rings. The van der Waals surface area contributed by atoms with Crippen molar-refractivity contribution in [3.05, 3.63) is 35.9 Å². The molecule has 0 radical (unpaired) electrons. The van der Waals surface area contributed by atoms with E-state index in [1.54, 1.807) is 0 Å². The zero-order valence-electron chi connectivity index (χ0n) is 12.4. The molecule has 0 aliphatic rings. The van der Waals surface area contributed by atoms with Crippen molar-refractivity contribution in [1.29, 1.82) is 0 Å². The monoisotopic (exact) mass is 297 g/mol. The van der Waals surface area contributed by atoms with Crippen LogP contribution in [0.4, 0.5) is 0 Å². The quantitative estimate of drug-likeness (QED) is 0.854. The lowest BCUT2D eigenvalue weighted by molar-refractivity contribution is 0.482. The van der Waals surface area contributed by atoms with Gasteiger partial charge in [0.2, 0.25) is 0 Å². The molecule has 1 N–H and O–H groups in total. The smallest absolute Gasteiger partial charge is 0.0534 e. The van der Waals surface area contributed by atoms with Gasteiger partial charge in [-0.1, -0.05) is 13.8 Å². The second-order valence-electron chi connectivity index (χ2n) is 5.21. The van der Waals surface area contributed by atoms with Crippen molar-refractivity contribution >= 4 is 12.4 Å². The summed E-state index contributed by atoms with van der Waals surface area (Å²) in [6.45, 7) is 10.1. The van der Waals surface area contributed by atoms with Crippen LogP contribution >= 0.6 is 12.4 Å². The van der Waals surface area contributed by atoms with Crippen molar-refractivity contribution in [3.8, 4) is 0 Å². The van der Waals surface area contributed by atoms with Gasteiger partial charge in [0, 0.05) is 44.1 Å². The third kappa shape index (κ3) is 4.65. The van der Waals surface area contributed by atoms with Gasteiger partial charge in [-0.15, -0.1) is 12.4 Å². The lowest BCUT2D eigenvalue weighted by atomic mass is 10.2. The number of nitrogens with one attached hydrogen (secondary N) is 1. The van der Waals surface area contributed by atoms with Crippen LogP contribution in [-0.4, -0.2) is 19.6 Å². The number of aromatic nitrogens is 4. The third-order valence-corrected chi connectivity index (χ3v) is 2.98. The first kappa shape index (κ1) is 16.7. The van der Waals surface area contributed by atoms with Crippen molar-refractivity contribution in [3.63, 3.8) is 0 Å². The molecule has 5 nitrogen and oxygen atoms in total. The second-order valence-corrected chi connectivity index (χ2v) is 5.21. The third-order valence-electron chi connectivity index (χ3n) is 2.98. The number of aryl methyl sites for hydroxylation is 1. The van der Waals surface area contributed by atoms with E-state index in [1.807, 2.05) is 21.8 Å². The zero-order chi connectivity index (χ0) is 13.7. The highest BCUT2D eigenvalue weighted by Gasteiger charge is 2.02. The van der Waals surface area contributed by atoms with E-state index in [4.69, 9.17) is 0 Å². The van der Waals surface area contributed by atoms with Crippen molar-refractivity contribution in [1.82, 2.24) is 24.9 Å². The van der Waals surface area contributed by atoms with Crippen molar-refractivity contribution in [2.24, 2.45) is 5.92 Å². The fourth-order valence-electron chi connectivity index (χ4n) is 2.10. The Morgan fingerprint density at radius 3 is 2.75 bits per heavy atom. The van der Waals surface area contributed by atoms with Crippen molar-refractivity contribution in [2.75, 3.05) is 0 Å². The zero-order valence-corrected chi connectivity index (χ0v) is 13.2. The van der Waals surface area contributed by atoms with Crippen LogP contribution in [0.2, 0.25) is 0 Å². The summed E-state index contributed by atoms with van der Waals surface area (Å²) in [5.41, 5.74) is 2.44. The molecular formula is C14H24ClN5. The van der Waals surface area contributed by atoms with Gasteiger partial charge in [0.15, 0.2) is 0 Å². The predicted molar refractivity (Wildman–Crippen MR) is 82.8 cm³/mol. The number of halogens is 1. The molecule has 112 valence electrons. The van der Waals surface area contributed by atoms with E-state index in [-0.39, 0.29) is 12.4 Å². The summed E-state index contributed by atoms with van der Waals surface area (Å²) in [4.78, 5) is 0. The lowest BCUT2D eigenvalue weighted by Crippen LogP contribution is -2.15. The Labute approximate surface area is 126 Å². The van der Waals surface area contributed by atoms with Gasteiger partial charge in [0.1, 0.15) is 0 Å². The summed E-state index contributed by atoms with van der Waals surface area (Å²) in [5, 5.41) is 12.1. The molecule has 0 unspecified atom stereocenters. The molecule has 0 spiro atoms. The molecule has 0 saturated carbocycles. The average molecular weight is 298 g/mol. The molecule has 6 heteroatoms. The van der Waals surface area contributed by atoms with E-state index in [1.165, 1.54) is 11.3 Å². The van der Waals surface area contributed by atoms with Gasteiger partial charge in [-0.05, 0) is 18.9 Å². The molecule has 0 bridgehead atoms. The largest absolute Gasteiger partial charge is 0.307 e. The first-order valence-electron chi connectivity index (χ1n) is 6.91. The standard InChI is InChI=1S/C14H23N5.ClH/c1-4-19-14(5-6-16-19)9-15-7-13-8-17-18(11-13)10-12(2)3;/h5-6,8,11-12,15H,4,7,9-10H2,1-3H3;1H. The van der Waals surface area contributed by atoms with Crippen molar-refractivity contribution in [2.45, 2.75) is 47.0 Å². The van der Waals surface area contributed by atoms with Crippen LogP contribution in [0, 0.1) is 5.92 Å². The average Bonchev–Trinajstić information content (AvgIpc) is 2.98. The van der Waals surface area contributed by atoms with Gasteiger partial charge in [0.25, 0.3) is 0 Å². The van der Waals surface area contributed by atoms with Gasteiger partial charge in [-0.2, -0.15) is 10.2 Å². The fraction of sp³-hybridized carbons (Fsp3) is 0.571. The van der Waals surface area contributed by atoms with Crippen molar-refractivity contribution < 1.29 is 0 Å². The maximum atomic E-state index is 4.36. The minimum absolute atomic E-state index is 0. The summed E-state index contributed by atoms with van der Waals surface area (Å²) < 4.78 is 4.02. The Balaban J connectivity index is 0.00000200. The maximum Gasteiger partial charge on any atom is 0.0534 e. The molecule has 2 heterocycles.